The summed E-state index contributed by atoms with van der Waals surface area (Å²) in [6, 6.07) is 14.1. The van der Waals surface area contributed by atoms with Gasteiger partial charge in [0, 0.05) is 12.2 Å². The SMILES string of the molecule is CCN(CC(O)c1cccc(O)c1)C(=S)Nc1ccc(OC)cc1. The number of benzene rings is 2. The van der Waals surface area contributed by atoms with Crippen molar-refractivity contribution in [3.63, 3.8) is 0 Å². The second kappa shape index (κ2) is 8.52. The molecule has 0 saturated heterocycles. The van der Waals surface area contributed by atoms with Gasteiger partial charge < -0.3 is 25.2 Å². The highest BCUT2D eigenvalue weighted by Gasteiger charge is 2.15. The molecule has 0 aliphatic rings. The average molecular weight is 346 g/mol. The predicted octanol–water partition coefficient (Wildman–Crippen LogP) is 3.15. The van der Waals surface area contributed by atoms with E-state index in [9.17, 15) is 10.2 Å². The van der Waals surface area contributed by atoms with Gasteiger partial charge in [-0.1, -0.05) is 12.1 Å². The molecule has 3 N–H and O–H groups in total. The summed E-state index contributed by atoms with van der Waals surface area (Å²) in [4.78, 5) is 1.87. The number of methoxy groups -OCH3 is 1. The third-order valence-corrected chi connectivity index (χ3v) is 4.02. The second-order valence-electron chi connectivity index (χ2n) is 5.31. The fraction of sp³-hybridized carbons (Fsp3) is 0.278. The zero-order valence-electron chi connectivity index (χ0n) is 13.8. The number of thiocarbonyl (C=S) groups is 1. The van der Waals surface area contributed by atoms with Gasteiger partial charge >= 0.3 is 0 Å². The first-order chi connectivity index (χ1) is 11.5. The number of aliphatic hydroxyl groups is 1. The Labute approximate surface area is 147 Å². The first-order valence-corrected chi connectivity index (χ1v) is 8.11. The molecule has 0 heterocycles. The van der Waals surface area contributed by atoms with Crippen LogP contribution >= 0.6 is 12.2 Å². The van der Waals surface area contributed by atoms with Gasteiger partial charge in [0.25, 0.3) is 0 Å². The summed E-state index contributed by atoms with van der Waals surface area (Å²) in [7, 11) is 1.62. The molecule has 1 unspecified atom stereocenters. The first-order valence-electron chi connectivity index (χ1n) is 7.70. The first kappa shape index (κ1) is 18.0. The number of likely N-dealkylation sites (N-methyl/N-ethyl adjacent to an activating group) is 1. The lowest BCUT2D eigenvalue weighted by Gasteiger charge is -2.27. The van der Waals surface area contributed by atoms with Crippen molar-refractivity contribution in [3.8, 4) is 11.5 Å². The lowest BCUT2D eigenvalue weighted by molar-refractivity contribution is 0.146. The van der Waals surface area contributed by atoms with E-state index in [1.54, 1.807) is 31.4 Å². The van der Waals surface area contributed by atoms with Gasteiger partial charge in [-0.2, -0.15) is 0 Å². The normalized spacial score (nSPS) is 11.6. The molecule has 2 rings (SSSR count). The number of ether oxygens (including phenoxy) is 1. The van der Waals surface area contributed by atoms with E-state index in [1.165, 1.54) is 0 Å². The Morgan fingerprint density at radius 1 is 1.25 bits per heavy atom. The fourth-order valence-electron chi connectivity index (χ4n) is 2.28. The van der Waals surface area contributed by atoms with Crippen LogP contribution in [0, 0.1) is 0 Å². The summed E-state index contributed by atoms with van der Waals surface area (Å²) < 4.78 is 5.13. The molecule has 1 atom stereocenters. The van der Waals surface area contributed by atoms with Crippen LogP contribution in [-0.4, -0.2) is 40.4 Å². The summed E-state index contributed by atoms with van der Waals surface area (Å²) >= 11 is 5.44. The molecule has 0 spiro atoms. The Hall–Kier alpha value is -2.31. The van der Waals surface area contributed by atoms with Gasteiger partial charge in [-0.3, -0.25) is 0 Å². The second-order valence-corrected chi connectivity index (χ2v) is 5.69. The summed E-state index contributed by atoms with van der Waals surface area (Å²) in [6.45, 7) is 2.96. The number of rotatable bonds is 6. The minimum Gasteiger partial charge on any atom is -0.508 e. The Morgan fingerprint density at radius 3 is 2.54 bits per heavy atom. The van der Waals surface area contributed by atoms with Crippen molar-refractivity contribution in [2.45, 2.75) is 13.0 Å². The Bertz CT molecular complexity index is 676. The molecule has 128 valence electrons. The van der Waals surface area contributed by atoms with E-state index in [0.717, 1.165) is 11.4 Å². The summed E-state index contributed by atoms with van der Waals surface area (Å²) in [6.07, 6.45) is -0.743. The lowest BCUT2D eigenvalue weighted by Crippen LogP contribution is -2.37. The van der Waals surface area contributed by atoms with Crippen molar-refractivity contribution < 1.29 is 14.9 Å². The Morgan fingerprint density at radius 2 is 1.96 bits per heavy atom. The van der Waals surface area contributed by atoms with Crippen molar-refractivity contribution in [2.75, 3.05) is 25.5 Å². The minimum absolute atomic E-state index is 0.133. The molecule has 2 aromatic carbocycles. The quantitative estimate of drug-likeness (QED) is 0.699. The molecule has 0 saturated carbocycles. The number of aromatic hydroxyl groups is 1. The number of aliphatic hydroxyl groups excluding tert-OH is 1. The van der Waals surface area contributed by atoms with E-state index in [4.69, 9.17) is 17.0 Å². The van der Waals surface area contributed by atoms with Crippen molar-refractivity contribution >= 4 is 23.0 Å². The maximum absolute atomic E-state index is 10.4. The zero-order valence-corrected chi connectivity index (χ0v) is 14.6. The maximum Gasteiger partial charge on any atom is 0.173 e. The highest BCUT2D eigenvalue weighted by molar-refractivity contribution is 7.80. The van der Waals surface area contributed by atoms with E-state index in [1.807, 2.05) is 36.1 Å². The predicted molar refractivity (Wildman–Crippen MR) is 99.5 cm³/mol. The van der Waals surface area contributed by atoms with Crippen LogP contribution in [0.3, 0.4) is 0 Å². The maximum atomic E-state index is 10.4. The molecule has 0 radical (unpaired) electrons. The third kappa shape index (κ3) is 4.84. The largest absolute Gasteiger partial charge is 0.508 e. The molecule has 5 nitrogen and oxygen atoms in total. The van der Waals surface area contributed by atoms with Gasteiger partial charge in [0.15, 0.2) is 5.11 Å². The molecule has 0 amide bonds. The van der Waals surface area contributed by atoms with E-state index in [-0.39, 0.29) is 5.75 Å². The van der Waals surface area contributed by atoms with Crippen LogP contribution in [0.4, 0.5) is 5.69 Å². The molecule has 0 aromatic heterocycles. The number of phenols is 1. The van der Waals surface area contributed by atoms with Gasteiger partial charge in [-0.25, -0.2) is 0 Å². The monoisotopic (exact) mass is 346 g/mol. The van der Waals surface area contributed by atoms with E-state index < -0.39 is 6.10 Å². The molecular weight excluding hydrogens is 324 g/mol. The number of nitrogens with one attached hydrogen (secondary N) is 1. The highest BCUT2D eigenvalue weighted by Crippen LogP contribution is 2.20. The standard InChI is InChI=1S/C18H22N2O3S/c1-3-20(12-17(22)13-5-4-6-15(21)11-13)18(24)19-14-7-9-16(23-2)10-8-14/h4-11,17,21-22H,3,12H2,1-2H3,(H,19,24). The van der Waals surface area contributed by atoms with E-state index >= 15 is 0 Å². The smallest absolute Gasteiger partial charge is 0.173 e. The van der Waals surface area contributed by atoms with Crippen LogP contribution in [0.2, 0.25) is 0 Å². The molecule has 0 bridgehead atoms. The van der Waals surface area contributed by atoms with Crippen LogP contribution in [0.25, 0.3) is 0 Å². The topological polar surface area (TPSA) is 65.0 Å². The highest BCUT2D eigenvalue weighted by atomic mass is 32.1. The fourth-order valence-corrected chi connectivity index (χ4v) is 2.60. The van der Waals surface area contributed by atoms with Crippen molar-refractivity contribution in [3.05, 3.63) is 54.1 Å². The number of anilines is 1. The van der Waals surface area contributed by atoms with Crippen molar-refractivity contribution in [2.24, 2.45) is 0 Å². The van der Waals surface area contributed by atoms with Gasteiger partial charge in [-0.05, 0) is 61.1 Å². The number of nitrogens with zero attached hydrogens (tertiary/aromatic N) is 1. The molecule has 6 heteroatoms. The summed E-state index contributed by atoms with van der Waals surface area (Å²) in [5.41, 5.74) is 1.51. The number of hydrogen-bond acceptors (Lipinski definition) is 4. The Kier molecular flexibility index (Phi) is 6.40. The number of hydrogen-bond donors (Lipinski definition) is 3. The van der Waals surface area contributed by atoms with Crippen LogP contribution < -0.4 is 10.1 Å². The molecule has 24 heavy (non-hydrogen) atoms. The summed E-state index contributed by atoms with van der Waals surface area (Å²) in [5.74, 6) is 0.909. The Balaban J connectivity index is 2.00. The molecule has 2 aromatic rings. The molecule has 0 fully saturated rings. The van der Waals surface area contributed by atoms with Crippen molar-refractivity contribution in [1.29, 1.82) is 0 Å². The molecule has 0 aliphatic carbocycles. The third-order valence-electron chi connectivity index (χ3n) is 3.66. The van der Waals surface area contributed by atoms with Gasteiger partial charge in [0.05, 0.1) is 19.8 Å². The molecular formula is C18H22N2O3S. The van der Waals surface area contributed by atoms with Gasteiger partial charge in [-0.15, -0.1) is 0 Å². The van der Waals surface area contributed by atoms with Crippen LogP contribution in [0.1, 0.15) is 18.6 Å². The van der Waals surface area contributed by atoms with Crippen LogP contribution in [-0.2, 0) is 0 Å². The molecule has 0 aliphatic heterocycles. The average Bonchev–Trinajstić information content (AvgIpc) is 2.60. The van der Waals surface area contributed by atoms with Crippen LogP contribution in [0.15, 0.2) is 48.5 Å². The van der Waals surface area contributed by atoms with E-state index in [0.29, 0.717) is 23.8 Å². The minimum atomic E-state index is -0.743. The summed E-state index contributed by atoms with van der Waals surface area (Å²) in [5, 5.41) is 23.6. The van der Waals surface area contributed by atoms with Gasteiger partial charge in [0.2, 0.25) is 0 Å². The zero-order chi connectivity index (χ0) is 17.5. The van der Waals surface area contributed by atoms with Crippen molar-refractivity contribution in [1.82, 2.24) is 4.90 Å². The van der Waals surface area contributed by atoms with E-state index in [2.05, 4.69) is 5.32 Å². The van der Waals surface area contributed by atoms with Crippen LogP contribution in [0.5, 0.6) is 11.5 Å². The number of phenolic OH excluding ortho intramolecular Hbond substituents is 1. The lowest BCUT2D eigenvalue weighted by atomic mass is 10.1. The van der Waals surface area contributed by atoms with Gasteiger partial charge in [0.1, 0.15) is 11.5 Å².